The second kappa shape index (κ2) is 5.34. The molecule has 0 N–H and O–H groups in total. The molecule has 0 aromatic heterocycles. The molecule has 0 saturated carbocycles. The molecule has 0 radical (unpaired) electrons. The third-order valence-corrected chi connectivity index (χ3v) is 2.41. The summed E-state index contributed by atoms with van der Waals surface area (Å²) >= 11 is 2.73. The van der Waals surface area contributed by atoms with E-state index < -0.39 is 35.4 Å². The van der Waals surface area contributed by atoms with Gasteiger partial charge in [0.1, 0.15) is 5.82 Å². The minimum Gasteiger partial charge on any atom is -0.466 e. The van der Waals surface area contributed by atoms with Gasteiger partial charge in [-0.2, -0.15) is 0 Å². The summed E-state index contributed by atoms with van der Waals surface area (Å²) in [6, 6.07) is 0.666. The average molecular weight is 297 g/mol. The minimum absolute atomic E-state index is 0.0958. The molecule has 0 fully saturated rings. The van der Waals surface area contributed by atoms with Crippen LogP contribution in [0.3, 0.4) is 0 Å². The Morgan fingerprint density at radius 2 is 2.00 bits per heavy atom. The monoisotopic (exact) mass is 296 g/mol. The lowest BCUT2D eigenvalue weighted by molar-refractivity contribution is -0.142. The fourth-order valence-corrected chi connectivity index (χ4v) is 1.57. The van der Waals surface area contributed by atoms with Crippen molar-refractivity contribution >= 4 is 21.9 Å². The zero-order chi connectivity index (χ0) is 12.3. The van der Waals surface area contributed by atoms with Crippen LogP contribution < -0.4 is 0 Å². The lowest BCUT2D eigenvalue weighted by atomic mass is 10.1. The van der Waals surface area contributed by atoms with Crippen LogP contribution in [0.2, 0.25) is 0 Å². The van der Waals surface area contributed by atoms with Gasteiger partial charge in [0, 0.05) is 5.56 Å². The van der Waals surface area contributed by atoms with Gasteiger partial charge in [0.05, 0.1) is 17.5 Å². The molecular formula is C10H8BrF3O2. The first-order chi connectivity index (χ1) is 7.47. The molecule has 0 unspecified atom stereocenters. The largest absolute Gasteiger partial charge is 0.466 e. The lowest BCUT2D eigenvalue weighted by Gasteiger charge is -2.07. The van der Waals surface area contributed by atoms with Gasteiger partial charge in [0.25, 0.3) is 0 Å². The zero-order valence-electron chi connectivity index (χ0n) is 8.32. The van der Waals surface area contributed by atoms with Crippen LogP contribution in [-0.2, 0) is 16.0 Å². The molecule has 16 heavy (non-hydrogen) atoms. The SMILES string of the molecule is CCOC(=O)Cc1c(F)c(F)cc(Br)c1F. The number of ether oxygens (including phenoxy) is 1. The Hall–Kier alpha value is -1.04. The van der Waals surface area contributed by atoms with Crippen LogP contribution >= 0.6 is 15.9 Å². The number of halogens is 4. The van der Waals surface area contributed by atoms with Crippen LogP contribution in [0.1, 0.15) is 12.5 Å². The predicted molar refractivity (Wildman–Crippen MR) is 54.4 cm³/mol. The Labute approximate surface area is 98.5 Å². The molecule has 88 valence electrons. The van der Waals surface area contributed by atoms with Gasteiger partial charge in [-0.05, 0) is 28.9 Å². The van der Waals surface area contributed by atoms with Gasteiger partial charge < -0.3 is 4.74 Å². The second-order valence-electron chi connectivity index (χ2n) is 2.93. The van der Waals surface area contributed by atoms with Crippen LogP contribution in [0.5, 0.6) is 0 Å². The molecule has 6 heteroatoms. The number of esters is 1. The summed E-state index contributed by atoms with van der Waals surface area (Å²) in [5.41, 5.74) is -0.634. The van der Waals surface area contributed by atoms with E-state index in [0.717, 1.165) is 0 Å². The first-order valence-corrected chi connectivity index (χ1v) is 5.24. The molecule has 0 amide bonds. The number of carbonyl (C=O) groups is 1. The molecular weight excluding hydrogens is 289 g/mol. The fourth-order valence-electron chi connectivity index (χ4n) is 1.13. The highest BCUT2D eigenvalue weighted by Gasteiger charge is 2.20. The molecule has 0 atom stereocenters. The molecule has 0 aliphatic carbocycles. The molecule has 0 bridgehead atoms. The minimum atomic E-state index is -1.37. The van der Waals surface area contributed by atoms with E-state index in [2.05, 4.69) is 20.7 Å². The molecule has 0 aliphatic heterocycles. The maximum Gasteiger partial charge on any atom is 0.310 e. The van der Waals surface area contributed by atoms with Crippen LogP contribution in [-0.4, -0.2) is 12.6 Å². The third-order valence-electron chi connectivity index (χ3n) is 1.83. The highest BCUT2D eigenvalue weighted by molar-refractivity contribution is 9.10. The third kappa shape index (κ3) is 2.75. The highest BCUT2D eigenvalue weighted by atomic mass is 79.9. The summed E-state index contributed by atoms with van der Waals surface area (Å²) in [6.45, 7) is 1.66. The summed E-state index contributed by atoms with van der Waals surface area (Å²) in [6.07, 6.45) is -0.637. The molecule has 0 spiro atoms. The van der Waals surface area contributed by atoms with E-state index in [4.69, 9.17) is 0 Å². The van der Waals surface area contributed by atoms with Crippen molar-refractivity contribution in [2.45, 2.75) is 13.3 Å². The summed E-state index contributed by atoms with van der Waals surface area (Å²) < 4.78 is 43.8. The van der Waals surface area contributed by atoms with Crippen LogP contribution in [0.25, 0.3) is 0 Å². The number of rotatable bonds is 3. The van der Waals surface area contributed by atoms with Crippen molar-refractivity contribution in [1.82, 2.24) is 0 Å². The maximum absolute atomic E-state index is 13.4. The highest BCUT2D eigenvalue weighted by Crippen LogP contribution is 2.24. The number of hydrogen-bond donors (Lipinski definition) is 0. The Kier molecular flexibility index (Phi) is 4.35. The smallest absolute Gasteiger partial charge is 0.310 e. The normalized spacial score (nSPS) is 10.3. The summed E-state index contributed by atoms with van der Waals surface area (Å²) in [5.74, 6) is -4.38. The first kappa shape index (κ1) is 13.0. The summed E-state index contributed by atoms with van der Waals surface area (Å²) in [7, 11) is 0. The number of benzene rings is 1. The molecule has 1 aromatic rings. The van der Waals surface area contributed by atoms with Crippen LogP contribution in [0.15, 0.2) is 10.5 Å². The Morgan fingerprint density at radius 3 is 2.56 bits per heavy atom. The molecule has 0 saturated heterocycles. The number of hydrogen-bond acceptors (Lipinski definition) is 2. The van der Waals surface area contributed by atoms with E-state index in [1.54, 1.807) is 6.92 Å². The van der Waals surface area contributed by atoms with Crippen molar-refractivity contribution in [3.05, 3.63) is 33.6 Å². The lowest BCUT2D eigenvalue weighted by Crippen LogP contribution is -2.11. The van der Waals surface area contributed by atoms with Crippen molar-refractivity contribution in [2.24, 2.45) is 0 Å². The van der Waals surface area contributed by atoms with Gasteiger partial charge in [-0.3, -0.25) is 4.79 Å². The fraction of sp³-hybridized carbons (Fsp3) is 0.300. The van der Waals surface area contributed by atoms with Crippen molar-refractivity contribution in [3.8, 4) is 0 Å². The van der Waals surface area contributed by atoms with E-state index in [-0.39, 0.29) is 11.1 Å². The van der Waals surface area contributed by atoms with Gasteiger partial charge in [0.15, 0.2) is 11.6 Å². The maximum atomic E-state index is 13.4. The van der Waals surface area contributed by atoms with Crippen LogP contribution in [0.4, 0.5) is 13.2 Å². The van der Waals surface area contributed by atoms with Gasteiger partial charge in [0.2, 0.25) is 0 Å². The van der Waals surface area contributed by atoms with Crippen molar-refractivity contribution in [3.63, 3.8) is 0 Å². The van der Waals surface area contributed by atoms with Crippen molar-refractivity contribution in [2.75, 3.05) is 6.61 Å². The van der Waals surface area contributed by atoms with E-state index >= 15 is 0 Å². The Morgan fingerprint density at radius 1 is 1.38 bits per heavy atom. The van der Waals surface area contributed by atoms with Crippen molar-refractivity contribution < 1.29 is 22.7 Å². The van der Waals surface area contributed by atoms with E-state index in [1.165, 1.54) is 0 Å². The molecule has 1 aromatic carbocycles. The standard InChI is InChI=1S/C10H8BrF3O2/c1-2-16-8(15)3-5-9(13)6(11)4-7(12)10(5)14/h4H,2-3H2,1H3. The molecule has 2 nitrogen and oxygen atoms in total. The topological polar surface area (TPSA) is 26.3 Å². The summed E-state index contributed by atoms with van der Waals surface area (Å²) in [5, 5.41) is 0. The molecule has 0 heterocycles. The van der Waals surface area contributed by atoms with E-state index in [1.807, 2.05) is 0 Å². The first-order valence-electron chi connectivity index (χ1n) is 4.44. The van der Waals surface area contributed by atoms with E-state index in [0.29, 0.717) is 6.07 Å². The Bertz CT molecular complexity index is 395. The van der Waals surface area contributed by atoms with E-state index in [9.17, 15) is 18.0 Å². The van der Waals surface area contributed by atoms with Gasteiger partial charge in [-0.15, -0.1) is 0 Å². The van der Waals surface area contributed by atoms with Gasteiger partial charge in [-0.1, -0.05) is 0 Å². The summed E-state index contributed by atoms with van der Waals surface area (Å²) in [4.78, 5) is 11.0. The molecule has 1 rings (SSSR count). The average Bonchev–Trinajstić information content (AvgIpc) is 2.22. The zero-order valence-corrected chi connectivity index (χ0v) is 9.91. The second-order valence-corrected chi connectivity index (χ2v) is 3.78. The van der Waals surface area contributed by atoms with Crippen molar-refractivity contribution in [1.29, 1.82) is 0 Å². The molecule has 0 aliphatic rings. The predicted octanol–water partition coefficient (Wildman–Crippen LogP) is 2.97. The van der Waals surface area contributed by atoms with Crippen LogP contribution in [0, 0.1) is 17.5 Å². The van der Waals surface area contributed by atoms with Gasteiger partial charge >= 0.3 is 5.97 Å². The Balaban J connectivity index is 3.07. The quantitative estimate of drug-likeness (QED) is 0.633. The van der Waals surface area contributed by atoms with Gasteiger partial charge in [-0.25, -0.2) is 13.2 Å². The number of carbonyl (C=O) groups excluding carboxylic acids is 1.